The Bertz CT molecular complexity index is 1400. The smallest absolute Gasteiger partial charge is 0.187 e. The van der Waals surface area contributed by atoms with Gasteiger partial charge in [0.1, 0.15) is 5.52 Å². The summed E-state index contributed by atoms with van der Waals surface area (Å²) in [5.41, 5.74) is 7.92. The number of aromatic nitrogens is 3. The molecule has 7 heteroatoms. The molecule has 0 aliphatic carbocycles. The molecule has 1 aliphatic rings. The third kappa shape index (κ3) is 4.41. The van der Waals surface area contributed by atoms with Crippen molar-refractivity contribution >= 4 is 28.6 Å². The molecular formula is C28H29N7. The van der Waals surface area contributed by atoms with Crippen molar-refractivity contribution in [3.05, 3.63) is 72.0 Å². The van der Waals surface area contributed by atoms with Crippen molar-refractivity contribution in [1.29, 1.82) is 5.41 Å². The first-order valence-electron chi connectivity index (χ1n) is 11.9. The number of pyridine rings is 1. The van der Waals surface area contributed by atoms with E-state index in [9.17, 15) is 0 Å². The monoisotopic (exact) mass is 463 g/mol. The predicted octanol–water partition coefficient (Wildman–Crippen LogP) is 5.70. The number of piperidine rings is 1. The Labute approximate surface area is 205 Å². The summed E-state index contributed by atoms with van der Waals surface area (Å²) in [7, 11) is 4.04. The molecule has 3 heterocycles. The second-order valence-electron chi connectivity index (χ2n) is 9.21. The SMILES string of the molecule is [C-]#[N+]c1ccc(-c2c(-c3ccc(NC)c(C=N)c3)ncc3c2ncn3CC2CCN(C)CC2)cc1. The van der Waals surface area contributed by atoms with E-state index >= 15 is 0 Å². The fourth-order valence-electron chi connectivity index (χ4n) is 4.94. The molecule has 0 saturated carbocycles. The maximum atomic E-state index is 7.85. The molecule has 7 nitrogen and oxygen atoms in total. The molecule has 4 aromatic rings. The Kier molecular flexibility index (Phi) is 6.30. The van der Waals surface area contributed by atoms with E-state index in [0.29, 0.717) is 11.6 Å². The van der Waals surface area contributed by atoms with Crippen molar-refractivity contribution in [3.63, 3.8) is 0 Å². The van der Waals surface area contributed by atoms with Crippen molar-refractivity contribution in [1.82, 2.24) is 19.4 Å². The fourth-order valence-corrected chi connectivity index (χ4v) is 4.94. The van der Waals surface area contributed by atoms with Crippen molar-refractivity contribution in [2.45, 2.75) is 19.4 Å². The van der Waals surface area contributed by atoms with E-state index in [0.717, 1.165) is 64.3 Å². The van der Waals surface area contributed by atoms with Gasteiger partial charge in [-0.3, -0.25) is 4.98 Å². The molecule has 0 spiro atoms. The lowest BCUT2D eigenvalue weighted by Gasteiger charge is -2.29. The molecule has 0 atom stereocenters. The highest BCUT2D eigenvalue weighted by atomic mass is 15.1. The van der Waals surface area contributed by atoms with Gasteiger partial charge in [-0.05, 0) is 56.6 Å². The van der Waals surface area contributed by atoms with Gasteiger partial charge in [-0.15, -0.1) is 0 Å². The molecule has 2 aromatic heterocycles. The maximum absolute atomic E-state index is 7.85. The first kappa shape index (κ1) is 22.8. The fraction of sp³-hybridized carbons (Fsp3) is 0.286. The Morgan fingerprint density at radius 2 is 1.86 bits per heavy atom. The molecule has 5 rings (SSSR count). The number of fused-ring (bicyclic) bond motifs is 1. The number of nitrogens with one attached hydrogen (secondary N) is 2. The van der Waals surface area contributed by atoms with E-state index in [2.05, 4.69) is 26.7 Å². The van der Waals surface area contributed by atoms with Crippen LogP contribution in [-0.2, 0) is 6.54 Å². The van der Waals surface area contributed by atoms with Gasteiger partial charge >= 0.3 is 0 Å². The summed E-state index contributed by atoms with van der Waals surface area (Å²) in [5, 5.41) is 11.0. The summed E-state index contributed by atoms with van der Waals surface area (Å²) in [6, 6.07) is 13.6. The van der Waals surface area contributed by atoms with Crippen LogP contribution in [0.5, 0.6) is 0 Å². The summed E-state index contributed by atoms with van der Waals surface area (Å²) in [4.78, 5) is 15.8. The lowest BCUT2D eigenvalue weighted by atomic mass is 9.96. The molecule has 2 N–H and O–H groups in total. The van der Waals surface area contributed by atoms with Gasteiger partial charge in [0.15, 0.2) is 5.69 Å². The lowest BCUT2D eigenvalue weighted by molar-refractivity contribution is 0.206. The van der Waals surface area contributed by atoms with E-state index in [1.54, 1.807) is 0 Å². The van der Waals surface area contributed by atoms with Crippen molar-refractivity contribution < 1.29 is 0 Å². The van der Waals surface area contributed by atoms with Crippen LogP contribution in [-0.4, -0.2) is 52.8 Å². The minimum Gasteiger partial charge on any atom is -0.388 e. The third-order valence-electron chi connectivity index (χ3n) is 7.00. The lowest BCUT2D eigenvalue weighted by Crippen LogP contribution is -2.31. The molecule has 2 aromatic carbocycles. The van der Waals surface area contributed by atoms with Crippen LogP contribution in [0.4, 0.5) is 11.4 Å². The molecule has 35 heavy (non-hydrogen) atoms. The number of likely N-dealkylation sites (tertiary alicyclic amines) is 1. The van der Waals surface area contributed by atoms with Crippen LogP contribution in [0.3, 0.4) is 0 Å². The molecule has 0 radical (unpaired) electrons. The summed E-state index contributed by atoms with van der Waals surface area (Å²) in [6.45, 7) is 10.5. The summed E-state index contributed by atoms with van der Waals surface area (Å²) in [6.07, 6.45) is 7.61. The number of rotatable bonds is 6. The average molecular weight is 464 g/mol. The summed E-state index contributed by atoms with van der Waals surface area (Å²) in [5.74, 6) is 0.633. The van der Waals surface area contributed by atoms with E-state index < -0.39 is 0 Å². The third-order valence-corrected chi connectivity index (χ3v) is 7.00. The molecule has 0 amide bonds. The molecule has 0 bridgehead atoms. The zero-order valence-electron chi connectivity index (χ0n) is 20.1. The van der Waals surface area contributed by atoms with Crippen LogP contribution in [0.1, 0.15) is 18.4 Å². The predicted molar refractivity (Wildman–Crippen MR) is 142 cm³/mol. The minimum atomic E-state index is 0.604. The number of hydrogen-bond acceptors (Lipinski definition) is 5. The largest absolute Gasteiger partial charge is 0.388 e. The highest BCUT2D eigenvalue weighted by molar-refractivity contribution is 6.00. The zero-order valence-corrected chi connectivity index (χ0v) is 20.1. The van der Waals surface area contributed by atoms with Crippen LogP contribution < -0.4 is 5.32 Å². The number of nitrogens with zero attached hydrogens (tertiary/aromatic N) is 5. The van der Waals surface area contributed by atoms with E-state index in [1.807, 2.05) is 62.0 Å². The van der Waals surface area contributed by atoms with Crippen LogP contribution in [0.25, 0.3) is 38.3 Å². The van der Waals surface area contributed by atoms with Gasteiger partial charge in [-0.2, -0.15) is 0 Å². The number of hydrogen-bond donors (Lipinski definition) is 2. The highest BCUT2D eigenvalue weighted by Gasteiger charge is 2.21. The zero-order chi connectivity index (χ0) is 24.4. The molecular weight excluding hydrogens is 434 g/mol. The summed E-state index contributed by atoms with van der Waals surface area (Å²) >= 11 is 0. The van der Waals surface area contributed by atoms with Crippen LogP contribution >= 0.6 is 0 Å². The Morgan fingerprint density at radius 3 is 2.54 bits per heavy atom. The average Bonchev–Trinajstić information content (AvgIpc) is 3.31. The Balaban J connectivity index is 1.64. The van der Waals surface area contributed by atoms with Gasteiger partial charge in [0.25, 0.3) is 0 Å². The second-order valence-corrected chi connectivity index (χ2v) is 9.21. The van der Waals surface area contributed by atoms with Gasteiger partial charge in [-0.1, -0.05) is 30.3 Å². The second kappa shape index (κ2) is 9.69. The van der Waals surface area contributed by atoms with E-state index in [4.69, 9.17) is 21.9 Å². The van der Waals surface area contributed by atoms with Crippen molar-refractivity contribution in [2.24, 2.45) is 5.92 Å². The van der Waals surface area contributed by atoms with Gasteiger partial charge in [0.05, 0.1) is 30.3 Å². The summed E-state index contributed by atoms with van der Waals surface area (Å²) < 4.78 is 2.24. The number of benzene rings is 2. The molecule has 176 valence electrons. The number of imidazole rings is 1. The molecule has 1 aliphatic heterocycles. The van der Waals surface area contributed by atoms with Crippen LogP contribution in [0.2, 0.25) is 0 Å². The van der Waals surface area contributed by atoms with E-state index in [-0.39, 0.29) is 0 Å². The Hall–Kier alpha value is -4.02. The topological polar surface area (TPSA) is 74.2 Å². The maximum Gasteiger partial charge on any atom is 0.187 e. The molecule has 1 fully saturated rings. The number of anilines is 1. The van der Waals surface area contributed by atoms with Gasteiger partial charge in [-0.25, -0.2) is 9.83 Å². The van der Waals surface area contributed by atoms with Crippen molar-refractivity contribution in [3.8, 4) is 22.4 Å². The Morgan fingerprint density at radius 1 is 1.11 bits per heavy atom. The first-order chi connectivity index (χ1) is 17.1. The highest BCUT2D eigenvalue weighted by Crippen LogP contribution is 2.38. The van der Waals surface area contributed by atoms with Gasteiger partial charge < -0.3 is 20.2 Å². The minimum absolute atomic E-state index is 0.604. The van der Waals surface area contributed by atoms with Gasteiger partial charge in [0, 0.05) is 42.2 Å². The normalized spacial score (nSPS) is 14.7. The molecule has 1 saturated heterocycles. The molecule has 0 unspecified atom stereocenters. The van der Waals surface area contributed by atoms with E-state index in [1.165, 1.54) is 19.1 Å². The standard InChI is InChI=1S/C28H29N7/c1-30-23-7-4-20(5-8-23)26-27(21-6-9-24(31-2)22(14-21)15-29)32-16-25-28(26)33-18-35(25)17-19-10-12-34(3)13-11-19/h4-9,14-16,18-19,29,31H,10-13,17H2,2-3H3. The van der Waals surface area contributed by atoms with Gasteiger partial charge in [0.2, 0.25) is 0 Å². The van der Waals surface area contributed by atoms with Crippen LogP contribution in [0.15, 0.2) is 55.0 Å². The first-order valence-corrected chi connectivity index (χ1v) is 11.9. The van der Waals surface area contributed by atoms with Crippen LogP contribution in [0, 0.1) is 17.9 Å². The quantitative estimate of drug-likeness (QED) is 0.284. The van der Waals surface area contributed by atoms with Crippen molar-refractivity contribution in [2.75, 3.05) is 32.5 Å².